The Labute approximate surface area is 114 Å². The number of carbonyl (C=O) groups excluding carboxylic acids is 1. The molecule has 1 aromatic rings. The van der Waals surface area contributed by atoms with Gasteiger partial charge in [-0.15, -0.1) is 5.10 Å². The highest BCUT2D eigenvalue weighted by molar-refractivity contribution is 7.99. The molecule has 1 fully saturated rings. The molecule has 8 nitrogen and oxygen atoms in total. The minimum atomic E-state index is -0.377. The quantitative estimate of drug-likeness (QED) is 0.605. The molecule has 0 spiro atoms. The molecule has 19 heavy (non-hydrogen) atoms. The van der Waals surface area contributed by atoms with Crippen LogP contribution in [0.15, 0.2) is 5.16 Å². The van der Waals surface area contributed by atoms with Crippen LogP contribution in [0, 0.1) is 0 Å². The number of aliphatic hydroxyl groups is 1. The lowest BCUT2D eigenvalue weighted by Crippen LogP contribution is -2.41. The lowest BCUT2D eigenvalue weighted by molar-refractivity contribution is -0.120. The van der Waals surface area contributed by atoms with Gasteiger partial charge < -0.3 is 15.2 Å². The van der Waals surface area contributed by atoms with Crippen molar-refractivity contribution in [3.8, 4) is 0 Å². The number of carbonyl (C=O) groups is 1. The van der Waals surface area contributed by atoms with Crippen LogP contribution in [-0.4, -0.2) is 63.3 Å². The van der Waals surface area contributed by atoms with Crippen molar-refractivity contribution in [1.29, 1.82) is 0 Å². The fourth-order valence-corrected chi connectivity index (χ4v) is 2.33. The van der Waals surface area contributed by atoms with E-state index in [2.05, 4.69) is 20.8 Å². The molecule has 1 aliphatic carbocycles. The third-order valence-corrected chi connectivity index (χ3v) is 3.57. The Balaban J connectivity index is 1.77. The number of nitrogens with zero attached hydrogens (tertiary/aromatic N) is 4. The second-order valence-corrected chi connectivity index (χ2v) is 5.27. The molecule has 0 saturated heterocycles. The van der Waals surface area contributed by atoms with Gasteiger partial charge in [0.1, 0.15) is 0 Å². The van der Waals surface area contributed by atoms with Crippen LogP contribution in [0.3, 0.4) is 0 Å². The van der Waals surface area contributed by atoms with Crippen LogP contribution in [0.25, 0.3) is 0 Å². The van der Waals surface area contributed by atoms with Crippen LogP contribution in [0.2, 0.25) is 0 Å². The van der Waals surface area contributed by atoms with Gasteiger partial charge >= 0.3 is 0 Å². The maximum absolute atomic E-state index is 11.7. The van der Waals surface area contributed by atoms with Gasteiger partial charge in [-0.3, -0.25) is 4.79 Å². The Kier molecular flexibility index (Phi) is 5.11. The molecule has 1 aromatic heterocycles. The number of nitrogens with one attached hydrogen (secondary N) is 1. The van der Waals surface area contributed by atoms with Crippen molar-refractivity contribution in [3.05, 3.63) is 0 Å². The summed E-state index contributed by atoms with van der Waals surface area (Å²) < 4.78 is 6.65. The highest BCUT2D eigenvalue weighted by Crippen LogP contribution is 2.36. The number of ether oxygens (including phenoxy) is 1. The molecule has 1 saturated carbocycles. The number of thioether (sulfide) groups is 1. The lowest BCUT2D eigenvalue weighted by atomic mass is 10.3. The molecule has 1 aliphatic rings. The predicted molar refractivity (Wildman–Crippen MR) is 67.7 cm³/mol. The first kappa shape index (κ1) is 14.2. The van der Waals surface area contributed by atoms with Crippen molar-refractivity contribution >= 4 is 17.7 Å². The number of tetrazole rings is 1. The normalized spacial score (nSPS) is 16.3. The zero-order chi connectivity index (χ0) is 13.7. The minimum Gasteiger partial charge on any atom is -0.394 e. The summed E-state index contributed by atoms with van der Waals surface area (Å²) >= 11 is 1.29. The molecular formula is C10H17N5O3S. The van der Waals surface area contributed by atoms with E-state index < -0.39 is 0 Å². The van der Waals surface area contributed by atoms with E-state index in [1.165, 1.54) is 18.9 Å². The van der Waals surface area contributed by atoms with Gasteiger partial charge in [0.05, 0.1) is 31.1 Å². The summed E-state index contributed by atoms with van der Waals surface area (Å²) in [4.78, 5) is 11.7. The molecule has 0 bridgehead atoms. The van der Waals surface area contributed by atoms with E-state index >= 15 is 0 Å². The van der Waals surface area contributed by atoms with E-state index in [-0.39, 0.29) is 30.9 Å². The number of hydrogen-bond donors (Lipinski definition) is 2. The molecule has 1 heterocycles. The van der Waals surface area contributed by atoms with E-state index in [0.717, 1.165) is 12.8 Å². The third kappa shape index (κ3) is 4.15. The van der Waals surface area contributed by atoms with Crippen molar-refractivity contribution < 1.29 is 14.6 Å². The van der Waals surface area contributed by atoms with Crippen LogP contribution in [0.1, 0.15) is 18.9 Å². The van der Waals surface area contributed by atoms with Crippen LogP contribution in [-0.2, 0) is 9.53 Å². The van der Waals surface area contributed by atoms with E-state index in [4.69, 9.17) is 9.84 Å². The molecule has 1 unspecified atom stereocenters. The second-order valence-electron chi connectivity index (χ2n) is 4.33. The Morgan fingerprint density at radius 2 is 2.47 bits per heavy atom. The Morgan fingerprint density at radius 3 is 3.11 bits per heavy atom. The SMILES string of the molecule is COCC(CO)NC(=O)CSc1nnnn1C1CC1. The molecule has 0 radical (unpaired) electrons. The molecule has 0 aliphatic heterocycles. The maximum Gasteiger partial charge on any atom is 0.230 e. The van der Waals surface area contributed by atoms with Crippen molar-refractivity contribution in [3.63, 3.8) is 0 Å². The third-order valence-electron chi connectivity index (χ3n) is 2.64. The van der Waals surface area contributed by atoms with Gasteiger partial charge in [-0.05, 0) is 23.3 Å². The van der Waals surface area contributed by atoms with E-state index in [9.17, 15) is 4.79 Å². The summed E-state index contributed by atoms with van der Waals surface area (Å²) in [5, 5.41) is 23.8. The first-order chi connectivity index (χ1) is 9.24. The molecule has 2 N–H and O–H groups in total. The molecule has 1 amide bonds. The van der Waals surface area contributed by atoms with Crippen molar-refractivity contribution in [1.82, 2.24) is 25.5 Å². The maximum atomic E-state index is 11.7. The zero-order valence-corrected chi connectivity index (χ0v) is 11.5. The molecule has 0 aromatic carbocycles. The Bertz CT molecular complexity index is 423. The van der Waals surface area contributed by atoms with Gasteiger partial charge in [0.15, 0.2) is 0 Å². The monoisotopic (exact) mass is 287 g/mol. The Morgan fingerprint density at radius 1 is 1.68 bits per heavy atom. The molecule has 106 valence electrons. The standard InChI is InChI=1S/C10H17N5O3S/c1-18-5-7(4-16)11-9(17)6-19-10-12-13-14-15(10)8-2-3-8/h7-8,16H,2-6H2,1H3,(H,11,17). The average Bonchev–Trinajstić information content (AvgIpc) is 3.15. The average molecular weight is 287 g/mol. The summed E-state index contributed by atoms with van der Waals surface area (Å²) in [5.74, 6) is 0.0410. The topological polar surface area (TPSA) is 102 Å². The summed E-state index contributed by atoms with van der Waals surface area (Å²) in [6.07, 6.45) is 2.18. The zero-order valence-electron chi connectivity index (χ0n) is 10.7. The number of hydrogen-bond acceptors (Lipinski definition) is 7. The number of aromatic nitrogens is 4. The molecule has 2 rings (SSSR count). The van der Waals surface area contributed by atoms with Crippen LogP contribution in [0.5, 0.6) is 0 Å². The smallest absolute Gasteiger partial charge is 0.230 e. The first-order valence-electron chi connectivity index (χ1n) is 6.04. The highest BCUT2D eigenvalue weighted by atomic mass is 32.2. The van der Waals surface area contributed by atoms with Gasteiger partial charge in [-0.1, -0.05) is 11.8 Å². The summed E-state index contributed by atoms with van der Waals surface area (Å²) in [6, 6.07) is 0.0109. The Hall–Kier alpha value is -1.19. The summed E-state index contributed by atoms with van der Waals surface area (Å²) in [6.45, 7) is 0.136. The number of amides is 1. The summed E-state index contributed by atoms with van der Waals surface area (Å²) in [7, 11) is 1.52. The predicted octanol–water partition coefficient (Wildman–Crippen LogP) is -0.776. The van der Waals surface area contributed by atoms with Crippen molar-refractivity contribution in [2.75, 3.05) is 26.1 Å². The second kappa shape index (κ2) is 6.83. The van der Waals surface area contributed by atoms with Crippen LogP contribution >= 0.6 is 11.8 Å². The number of rotatable bonds is 8. The van der Waals surface area contributed by atoms with Gasteiger partial charge in [0.2, 0.25) is 11.1 Å². The van der Waals surface area contributed by atoms with Crippen molar-refractivity contribution in [2.45, 2.75) is 30.1 Å². The van der Waals surface area contributed by atoms with E-state index in [1.54, 1.807) is 4.68 Å². The van der Waals surface area contributed by atoms with E-state index in [0.29, 0.717) is 11.2 Å². The molecule has 9 heteroatoms. The molecular weight excluding hydrogens is 270 g/mol. The lowest BCUT2D eigenvalue weighted by Gasteiger charge is -2.14. The van der Waals surface area contributed by atoms with Gasteiger partial charge in [0, 0.05) is 7.11 Å². The molecule has 1 atom stereocenters. The van der Waals surface area contributed by atoms with E-state index in [1.807, 2.05) is 0 Å². The summed E-state index contributed by atoms with van der Waals surface area (Å²) in [5.41, 5.74) is 0. The number of methoxy groups -OCH3 is 1. The highest BCUT2D eigenvalue weighted by Gasteiger charge is 2.28. The van der Waals surface area contributed by atoms with Gasteiger partial charge in [-0.2, -0.15) is 0 Å². The minimum absolute atomic E-state index is 0.149. The number of aliphatic hydroxyl groups excluding tert-OH is 1. The van der Waals surface area contributed by atoms with Crippen LogP contribution < -0.4 is 5.32 Å². The largest absolute Gasteiger partial charge is 0.394 e. The van der Waals surface area contributed by atoms with Gasteiger partial charge in [0.25, 0.3) is 0 Å². The van der Waals surface area contributed by atoms with Crippen molar-refractivity contribution in [2.24, 2.45) is 0 Å². The van der Waals surface area contributed by atoms with Gasteiger partial charge in [-0.25, -0.2) is 4.68 Å². The fourth-order valence-electron chi connectivity index (χ4n) is 1.57. The van der Waals surface area contributed by atoms with Crippen LogP contribution in [0.4, 0.5) is 0 Å². The fraction of sp³-hybridized carbons (Fsp3) is 0.800. The first-order valence-corrected chi connectivity index (χ1v) is 7.03.